The summed E-state index contributed by atoms with van der Waals surface area (Å²) in [6.45, 7) is 2.93. The first-order valence-electron chi connectivity index (χ1n) is 9.65. The largest absolute Gasteiger partial charge is 0.338 e. The van der Waals surface area contributed by atoms with Gasteiger partial charge in [-0.05, 0) is 43.4 Å². The van der Waals surface area contributed by atoms with Crippen LogP contribution < -0.4 is 0 Å². The van der Waals surface area contributed by atoms with Crippen molar-refractivity contribution < 1.29 is 18.8 Å². The molecule has 2 saturated heterocycles. The molecule has 0 aromatic heterocycles. The second kappa shape index (κ2) is 6.94. The van der Waals surface area contributed by atoms with Crippen LogP contribution in [-0.4, -0.2) is 71.7 Å². The van der Waals surface area contributed by atoms with Crippen LogP contribution in [0.5, 0.6) is 0 Å². The van der Waals surface area contributed by atoms with Crippen molar-refractivity contribution in [2.24, 2.45) is 0 Å². The third kappa shape index (κ3) is 3.31. The van der Waals surface area contributed by atoms with Crippen LogP contribution in [0.15, 0.2) is 24.3 Å². The third-order valence-corrected chi connectivity index (χ3v) is 5.99. The molecular weight excluding hydrogens is 349 g/mol. The van der Waals surface area contributed by atoms with Crippen LogP contribution in [0.3, 0.4) is 0 Å². The monoisotopic (exact) mass is 373 g/mol. The number of nitrogens with zero attached hydrogens (tertiary/aromatic N) is 3. The van der Waals surface area contributed by atoms with E-state index in [1.807, 2.05) is 0 Å². The normalized spacial score (nSPS) is 21.3. The van der Waals surface area contributed by atoms with E-state index in [-0.39, 0.29) is 11.7 Å². The Morgan fingerprint density at radius 3 is 1.74 bits per heavy atom. The van der Waals surface area contributed by atoms with E-state index < -0.39 is 17.2 Å². The Kier molecular flexibility index (Phi) is 4.61. The van der Waals surface area contributed by atoms with Crippen LogP contribution in [0.25, 0.3) is 0 Å². The molecule has 3 aliphatic rings. The summed E-state index contributed by atoms with van der Waals surface area (Å²) in [5.41, 5.74) is 0.322. The van der Waals surface area contributed by atoms with Gasteiger partial charge < -0.3 is 14.7 Å². The molecule has 144 valence electrons. The number of likely N-dealkylation sites (tertiary alicyclic amines) is 1. The lowest BCUT2D eigenvalue weighted by Crippen LogP contribution is -2.55. The summed E-state index contributed by atoms with van der Waals surface area (Å²) in [5, 5.41) is 0. The fourth-order valence-electron chi connectivity index (χ4n) is 4.13. The van der Waals surface area contributed by atoms with Crippen molar-refractivity contribution in [3.05, 3.63) is 35.6 Å². The van der Waals surface area contributed by atoms with Crippen LogP contribution in [0.1, 0.15) is 31.2 Å². The van der Waals surface area contributed by atoms with Crippen LogP contribution in [0.4, 0.5) is 4.39 Å². The number of carbonyl (C=O) groups excluding carboxylic acids is 3. The molecule has 2 heterocycles. The summed E-state index contributed by atoms with van der Waals surface area (Å²) in [6, 6.07) is 6.16. The highest BCUT2D eigenvalue weighted by molar-refractivity contribution is 6.35. The van der Waals surface area contributed by atoms with Gasteiger partial charge in [-0.15, -0.1) is 0 Å². The Labute approximate surface area is 157 Å². The highest BCUT2D eigenvalue weighted by Gasteiger charge is 2.53. The van der Waals surface area contributed by atoms with Crippen LogP contribution >= 0.6 is 0 Å². The maximum absolute atomic E-state index is 13.2. The molecule has 1 saturated carbocycles. The minimum Gasteiger partial charge on any atom is -0.338 e. The zero-order valence-corrected chi connectivity index (χ0v) is 15.3. The number of rotatable bonds is 2. The lowest BCUT2D eigenvalue weighted by Gasteiger charge is -2.36. The zero-order chi connectivity index (χ0) is 19.0. The van der Waals surface area contributed by atoms with E-state index in [2.05, 4.69) is 0 Å². The molecule has 0 atom stereocenters. The van der Waals surface area contributed by atoms with Gasteiger partial charge in [0.25, 0.3) is 0 Å². The van der Waals surface area contributed by atoms with E-state index in [1.165, 1.54) is 12.1 Å². The smallest absolute Gasteiger partial charge is 0.312 e. The molecule has 3 fully saturated rings. The molecule has 0 spiro atoms. The number of hydrogen-bond donors (Lipinski definition) is 0. The number of halogens is 1. The lowest BCUT2D eigenvalue weighted by molar-refractivity contribution is -0.153. The topological polar surface area (TPSA) is 60.9 Å². The number of amides is 3. The minimum atomic E-state index is -0.536. The van der Waals surface area contributed by atoms with Crippen LogP contribution in [0.2, 0.25) is 0 Å². The molecule has 0 N–H and O–H groups in total. The Hall–Kier alpha value is -2.44. The molecule has 6 nitrogen and oxygen atoms in total. The molecule has 1 aliphatic carbocycles. The first kappa shape index (κ1) is 17.9. The van der Waals surface area contributed by atoms with Gasteiger partial charge in [0.05, 0.1) is 5.41 Å². The Morgan fingerprint density at radius 1 is 0.741 bits per heavy atom. The van der Waals surface area contributed by atoms with Gasteiger partial charge >= 0.3 is 11.8 Å². The van der Waals surface area contributed by atoms with Gasteiger partial charge in [-0.25, -0.2) is 4.39 Å². The first-order chi connectivity index (χ1) is 13.0. The van der Waals surface area contributed by atoms with Crippen molar-refractivity contribution in [2.75, 3.05) is 39.3 Å². The minimum absolute atomic E-state index is 0.0482. The van der Waals surface area contributed by atoms with Gasteiger partial charge in [0, 0.05) is 39.3 Å². The molecule has 0 unspecified atom stereocenters. The summed E-state index contributed by atoms with van der Waals surface area (Å²) in [6.07, 6.45) is 3.44. The molecule has 3 amide bonds. The van der Waals surface area contributed by atoms with E-state index in [4.69, 9.17) is 0 Å². The number of hydrogen-bond acceptors (Lipinski definition) is 3. The van der Waals surface area contributed by atoms with Crippen molar-refractivity contribution in [3.63, 3.8) is 0 Å². The van der Waals surface area contributed by atoms with Crippen LogP contribution in [0, 0.1) is 5.82 Å². The van der Waals surface area contributed by atoms with Gasteiger partial charge in [-0.1, -0.05) is 12.1 Å². The summed E-state index contributed by atoms with van der Waals surface area (Å²) >= 11 is 0. The summed E-state index contributed by atoms with van der Waals surface area (Å²) < 4.78 is 13.2. The predicted molar refractivity (Wildman–Crippen MR) is 96.3 cm³/mol. The second-order valence-corrected chi connectivity index (χ2v) is 7.67. The average Bonchev–Trinajstić information content (AvgIpc) is 3.32. The standard InChI is InChI=1S/C20H24FN3O3/c21-16-5-3-15(4-6-16)20(7-8-20)19(27)24-13-11-23(12-14-24)18(26)17(25)22-9-1-2-10-22/h3-6H,1-2,7-14H2. The number of piperazine rings is 1. The van der Waals surface area contributed by atoms with E-state index in [1.54, 1.807) is 26.8 Å². The molecule has 0 bridgehead atoms. The molecule has 1 aromatic rings. The van der Waals surface area contributed by atoms with Gasteiger partial charge in [-0.3, -0.25) is 14.4 Å². The highest BCUT2D eigenvalue weighted by Crippen LogP contribution is 2.49. The van der Waals surface area contributed by atoms with Crippen LogP contribution in [-0.2, 0) is 19.8 Å². The van der Waals surface area contributed by atoms with Crippen molar-refractivity contribution in [1.82, 2.24) is 14.7 Å². The predicted octanol–water partition coefficient (Wildman–Crippen LogP) is 1.15. The van der Waals surface area contributed by atoms with E-state index >= 15 is 0 Å². The Morgan fingerprint density at radius 2 is 1.22 bits per heavy atom. The maximum atomic E-state index is 13.2. The summed E-state index contributed by atoms with van der Waals surface area (Å²) in [5.74, 6) is -1.13. The van der Waals surface area contributed by atoms with Crippen molar-refractivity contribution >= 4 is 17.7 Å². The lowest BCUT2D eigenvalue weighted by atomic mass is 9.94. The summed E-state index contributed by atoms with van der Waals surface area (Å²) in [7, 11) is 0. The molecule has 0 radical (unpaired) electrons. The first-order valence-corrected chi connectivity index (χ1v) is 9.65. The van der Waals surface area contributed by atoms with Crippen molar-refractivity contribution in [3.8, 4) is 0 Å². The summed E-state index contributed by atoms with van der Waals surface area (Å²) in [4.78, 5) is 42.7. The quantitative estimate of drug-likeness (QED) is 0.731. The van der Waals surface area contributed by atoms with E-state index in [0.717, 1.165) is 31.2 Å². The molecule has 7 heteroatoms. The van der Waals surface area contributed by atoms with Crippen molar-refractivity contribution in [2.45, 2.75) is 31.1 Å². The highest BCUT2D eigenvalue weighted by atomic mass is 19.1. The number of carbonyl (C=O) groups is 3. The molecule has 27 heavy (non-hydrogen) atoms. The van der Waals surface area contributed by atoms with Gasteiger partial charge in [0.2, 0.25) is 5.91 Å². The SMILES string of the molecule is O=C(C(=O)N1CCN(C(=O)C2(c3ccc(F)cc3)CC2)CC1)N1CCCC1. The number of benzene rings is 1. The van der Waals surface area contributed by atoms with Gasteiger partial charge in [-0.2, -0.15) is 0 Å². The zero-order valence-electron chi connectivity index (χ0n) is 15.3. The third-order valence-electron chi connectivity index (χ3n) is 5.99. The van der Waals surface area contributed by atoms with E-state index in [0.29, 0.717) is 39.3 Å². The molecule has 4 rings (SSSR count). The Bertz CT molecular complexity index is 746. The van der Waals surface area contributed by atoms with Gasteiger partial charge in [0.1, 0.15) is 5.82 Å². The van der Waals surface area contributed by atoms with E-state index in [9.17, 15) is 18.8 Å². The maximum Gasteiger partial charge on any atom is 0.312 e. The molecular formula is C20H24FN3O3. The fraction of sp³-hybridized carbons (Fsp3) is 0.550. The second-order valence-electron chi connectivity index (χ2n) is 7.67. The average molecular weight is 373 g/mol. The van der Waals surface area contributed by atoms with Crippen molar-refractivity contribution in [1.29, 1.82) is 0 Å². The van der Waals surface area contributed by atoms with Gasteiger partial charge in [0.15, 0.2) is 0 Å². The molecule has 1 aromatic carbocycles. The molecule has 2 aliphatic heterocycles. The Balaban J connectivity index is 1.36. The fourth-order valence-corrected chi connectivity index (χ4v) is 4.13.